The van der Waals surface area contributed by atoms with Crippen LogP contribution in [0.25, 0.3) is 11.0 Å². The van der Waals surface area contributed by atoms with Gasteiger partial charge in [0.25, 0.3) is 17.4 Å². The third-order valence-electron chi connectivity index (χ3n) is 5.55. The van der Waals surface area contributed by atoms with Crippen molar-refractivity contribution >= 4 is 34.2 Å². The SMILES string of the molecule is Cc1ncsc1CCn1c(CCN2C(=O)c3ccncc3C2=O)nc2ncccc2c1=O. The highest BCUT2D eigenvalue weighted by molar-refractivity contribution is 7.09. The number of aromatic nitrogens is 5. The second-order valence-electron chi connectivity index (χ2n) is 7.40. The van der Waals surface area contributed by atoms with Crippen molar-refractivity contribution in [2.45, 2.75) is 26.3 Å². The van der Waals surface area contributed by atoms with E-state index in [4.69, 9.17) is 0 Å². The smallest absolute Gasteiger partial charge is 0.263 e. The number of fused-ring (bicyclic) bond motifs is 2. The summed E-state index contributed by atoms with van der Waals surface area (Å²) in [6, 6.07) is 4.95. The first-order chi connectivity index (χ1) is 15.5. The third kappa shape index (κ3) is 3.38. The minimum Gasteiger partial charge on any atom is -0.296 e. The van der Waals surface area contributed by atoms with Crippen molar-refractivity contribution in [2.24, 2.45) is 0 Å². The second-order valence-corrected chi connectivity index (χ2v) is 8.34. The lowest BCUT2D eigenvalue weighted by Gasteiger charge is -2.17. The van der Waals surface area contributed by atoms with Gasteiger partial charge in [-0.3, -0.25) is 28.8 Å². The Bertz CT molecular complexity index is 1390. The number of rotatable bonds is 6. The Morgan fingerprint density at radius 3 is 2.59 bits per heavy atom. The molecule has 0 saturated carbocycles. The minimum absolute atomic E-state index is 0.108. The van der Waals surface area contributed by atoms with E-state index >= 15 is 0 Å². The average molecular weight is 446 g/mol. The summed E-state index contributed by atoms with van der Waals surface area (Å²) in [6.45, 7) is 2.47. The highest BCUT2D eigenvalue weighted by atomic mass is 32.1. The van der Waals surface area contributed by atoms with Crippen LogP contribution in [0.2, 0.25) is 0 Å². The molecule has 0 radical (unpaired) electrons. The van der Waals surface area contributed by atoms with E-state index in [0.29, 0.717) is 41.0 Å². The molecule has 0 N–H and O–H groups in total. The predicted molar refractivity (Wildman–Crippen MR) is 118 cm³/mol. The van der Waals surface area contributed by atoms with Gasteiger partial charge in [0.15, 0.2) is 5.65 Å². The van der Waals surface area contributed by atoms with Gasteiger partial charge in [0, 0.05) is 49.4 Å². The molecule has 160 valence electrons. The lowest BCUT2D eigenvalue weighted by Crippen LogP contribution is -2.34. The van der Waals surface area contributed by atoms with Gasteiger partial charge in [-0.05, 0) is 25.1 Å². The van der Waals surface area contributed by atoms with Crippen LogP contribution in [-0.2, 0) is 19.4 Å². The van der Waals surface area contributed by atoms with E-state index in [1.54, 1.807) is 45.8 Å². The molecule has 5 rings (SSSR count). The maximum Gasteiger partial charge on any atom is 0.263 e. The summed E-state index contributed by atoms with van der Waals surface area (Å²) in [5.74, 6) is -0.259. The number of nitrogens with zero attached hydrogens (tertiary/aromatic N) is 6. The number of imide groups is 1. The number of hydrogen-bond acceptors (Lipinski definition) is 8. The Balaban J connectivity index is 1.46. The molecule has 0 bridgehead atoms. The van der Waals surface area contributed by atoms with Gasteiger partial charge < -0.3 is 0 Å². The Labute approximate surface area is 186 Å². The summed E-state index contributed by atoms with van der Waals surface area (Å²) >= 11 is 1.55. The predicted octanol–water partition coefficient (Wildman–Crippen LogP) is 2.03. The molecule has 9 nitrogen and oxygen atoms in total. The van der Waals surface area contributed by atoms with Gasteiger partial charge >= 0.3 is 0 Å². The molecule has 4 aromatic rings. The van der Waals surface area contributed by atoms with Crippen LogP contribution in [0.15, 0.2) is 47.1 Å². The minimum atomic E-state index is -0.383. The van der Waals surface area contributed by atoms with Crippen LogP contribution in [0.5, 0.6) is 0 Å². The van der Waals surface area contributed by atoms with Crippen LogP contribution in [0.4, 0.5) is 0 Å². The van der Waals surface area contributed by atoms with Crippen molar-refractivity contribution in [2.75, 3.05) is 6.54 Å². The molecule has 4 aromatic heterocycles. The van der Waals surface area contributed by atoms with E-state index in [1.165, 1.54) is 17.3 Å². The van der Waals surface area contributed by atoms with E-state index in [9.17, 15) is 14.4 Å². The maximum atomic E-state index is 13.2. The summed E-state index contributed by atoms with van der Waals surface area (Å²) in [5, 5.41) is 0.434. The highest BCUT2D eigenvalue weighted by Crippen LogP contribution is 2.22. The topological polar surface area (TPSA) is 111 Å². The van der Waals surface area contributed by atoms with Crippen LogP contribution in [0.3, 0.4) is 0 Å². The van der Waals surface area contributed by atoms with Gasteiger partial charge in [-0.25, -0.2) is 15.0 Å². The van der Waals surface area contributed by atoms with Gasteiger partial charge in [0.1, 0.15) is 5.82 Å². The molecule has 1 aliphatic heterocycles. The van der Waals surface area contributed by atoms with Crippen molar-refractivity contribution in [1.82, 2.24) is 29.4 Å². The number of aryl methyl sites for hydroxylation is 2. The zero-order chi connectivity index (χ0) is 22.2. The average Bonchev–Trinajstić information content (AvgIpc) is 3.32. The van der Waals surface area contributed by atoms with E-state index in [0.717, 1.165) is 10.6 Å². The summed E-state index contributed by atoms with van der Waals surface area (Å²) in [4.78, 5) is 57.9. The maximum absolute atomic E-state index is 13.2. The van der Waals surface area contributed by atoms with Crippen molar-refractivity contribution in [1.29, 1.82) is 0 Å². The second kappa shape index (κ2) is 8.04. The zero-order valence-electron chi connectivity index (χ0n) is 17.2. The first kappa shape index (κ1) is 20.1. The van der Waals surface area contributed by atoms with Crippen molar-refractivity contribution in [3.63, 3.8) is 0 Å². The van der Waals surface area contributed by atoms with Crippen LogP contribution >= 0.6 is 11.3 Å². The Morgan fingerprint density at radius 2 is 1.81 bits per heavy atom. The first-order valence-electron chi connectivity index (χ1n) is 10.1. The molecule has 5 heterocycles. The molecule has 0 unspecified atom stereocenters. The molecule has 2 amide bonds. The number of amides is 2. The monoisotopic (exact) mass is 446 g/mol. The fourth-order valence-corrected chi connectivity index (χ4v) is 4.62. The number of carbonyl (C=O) groups is 2. The molecular formula is C22H18N6O3S. The lowest BCUT2D eigenvalue weighted by atomic mass is 10.2. The fourth-order valence-electron chi connectivity index (χ4n) is 3.85. The summed E-state index contributed by atoms with van der Waals surface area (Å²) < 4.78 is 1.61. The molecule has 0 spiro atoms. The van der Waals surface area contributed by atoms with Crippen molar-refractivity contribution in [3.8, 4) is 0 Å². The molecular weight excluding hydrogens is 428 g/mol. The number of hydrogen-bond donors (Lipinski definition) is 0. The molecule has 32 heavy (non-hydrogen) atoms. The van der Waals surface area contributed by atoms with E-state index in [1.807, 2.05) is 6.92 Å². The standard InChI is InChI=1S/C22H18N6O3S/c1-13-17(32-12-25-13)5-9-27-18(26-19-15(21(27)30)3-2-7-24-19)6-10-28-20(29)14-4-8-23-11-16(14)22(28)31/h2-4,7-8,11-12H,5-6,9-10H2,1H3. The Kier molecular flexibility index (Phi) is 5.06. The van der Waals surface area contributed by atoms with E-state index < -0.39 is 0 Å². The van der Waals surface area contributed by atoms with Crippen LogP contribution in [-0.4, -0.2) is 47.8 Å². The van der Waals surface area contributed by atoms with Crippen LogP contribution in [0.1, 0.15) is 37.1 Å². The molecule has 1 aliphatic rings. The number of thiazole rings is 1. The molecule has 0 aromatic carbocycles. The first-order valence-corrected chi connectivity index (χ1v) is 11.0. The lowest BCUT2D eigenvalue weighted by molar-refractivity contribution is 0.0655. The molecule has 0 aliphatic carbocycles. The molecule has 10 heteroatoms. The van der Waals surface area contributed by atoms with Crippen LogP contribution < -0.4 is 5.56 Å². The van der Waals surface area contributed by atoms with Crippen molar-refractivity contribution in [3.05, 3.63) is 80.2 Å². The summed E-state index contributed by atoms with van der Waals surface area (Å²) in [6.07, 6.45) is 5.35. The normalized spacial score (nSPS) is 13.2. The largest absolute Gasteiger partial charge is 0.296 e. The number of carbonyl (C=O) groups excluding carboxylic acids is 2. The van der Waals surface area contributed by atoms with Gasteiger partial charge in [-0.15, -0.1) is 11.3 Å². The van der Waals surface area contributed by atoms with Crippen LogP contribution in [0, 0.1) is 6.92 Å². The molecule has 0 saturated heterocycles. The third-order valence-corrected chi connectivity index (χ3v) is 6.54. The molecule has 0 atom stereocenters. The number of pyridine rings is 2. The highest BCUT2D eigenvalue weighted by Gasteiger charge is 2.35. The van der Waals surface area contributed by atoms with Crippen molar-refractivity contribution < 1.29 is 9.59 Å². The van der Waals surface area contributed by atoms with Gasteiger partial charge in [0.2, 0.25) is 0 Å². The Morgan fingerprint density at radius 1 is 0.969 bits per heavy atom. The zero-order valence-corrected chi connectivity index (χ0v) is 18.0. The van der Waals surface area contributed by atoms with Gasteiger partial charge in [-0.2, -0.15) is 0 Å². The van der Waals surface area contributed by atoms with Gasteiger partial charge in [-0.1, -0.05) is 0 Å². The van der Waals surface area contributed by atoms with Gasteiger partial charge in [0.05, 0.1) is 27.7 Å². The Hall–Kier alpha value is -3.79. The molecule has 0 fully saturated rings. The quantitative estimate of drug-likeness (QED) is 0.417. The van der Waals surface area contributed by atoms with E-state index in [-0.39, 0.29) is 30.3 Å². The summed E-state index contributed by atoms with van der Waals surface area (Å²) in [5.41, 5.74) is 3.53. The fraction of sp³-hybridized carbons (Fsp3) is 0.227. The summed E-state index contributed by atoms with van der Waals surface area (Å²) in [7, 11) is 0. The van der Waals surface area contributed by atoms with E-state index in [2.05, 4.69) is 19.9 Å².